The molecule has 0 radical (unpaired) electrons. The summed E-state index contributed by atoms with van der Waals surface area (Å²) in [5, 5.41) is 7.65. The van der Waals surface area contributed by atoms with E-state index in [1.54, 1.807) is 18.2 Å². The molecule has 2 aromatic heterocycles. The molecule has 0 amide bonds. The van der Waals surface area contributed by atoms with Crippen molar-refractivity contribution >= 4 is 16.9 Å². The SMILES string of the molecule is Fc1ccccc1C#Cc1cc2c(NC3CCNC3)ncnc2[nH]1. The zero-order valence-corrected chi connectivity index (χ0v) is 12.9. The number of fused-ring (bicyclic) bond motifs is 1. The third-order valence-electron chi connectivity index (χ3n) is 4.03. The predicted octanol–water partition coefficient (Wildman–Crippen LogP) is 2.27. The summed E-state index contributed by atoms with van der Waals surface area (Å²) in [6.07, 6.45) is 2.59. The molecule has 1 unspecified atom stereocenters. The van der Waals surface area contributed by atoms with Crippen molar-refractivity contribution in [1.29, 1.82) is 0 Å². The number of hydrogen-bond acceptors (Lipinski definition) is 4. The van der Waals surface area contributed by atoms with Crippen molar-refractivity contribution < 1.29 is 4.39 Å². The molecule has 1 aliphatic heterocycles. The highest BCUT2D eigenvalue weighted by Crippen LogP contribution is 2.21. The Morgan fingerprint density at radius 1 is 1.21 bits per heavy atom. The van der Waals surface area contributed by atoms with Crippen molar-refractivity contribution in [3.63, 3.8) is 0 Å². The minimum atomic E-state index is -0.322. The quantitative estimate of drug-likeness (QED) is 0.634. The first-order valence-corrected chi connectivity index (χ1v) is 7.87. The van der Waals surface area contributed by atoms with E-state index in [1.165, 1.54) is 12.4 Å². The molecule has 1 atom stereocenters. The van der Waals surface area contributed by atoms with E-state index in [4.69, 9.17) is 0 Å². The number of halogens is 1. The van der Waals surface area contributed by atoms with Gasteiger partial charge in [0.05, 0.1) is 16.6 Å². The molecule has 6 heteroatoms. The molecule has 1 aliphatic rings. The fourth-order valence-corrected chi connectivity index (χ4v) is 2.79. The molecular formula is C18H16FN5. The number of hydrogen-bond donors (Lipinski definition) is 3. The van der Waals surface area contributed by atoms with E-state index in [1.807, 2.05) is 6.07 Å². The van der Waals surface area contributed by atoms with Crippen LogP contribution in [0, 0.1) is 17.7 Å². The molecule has 1 saturated heterocycles. The Balaban J connectivity index is 1.65. The minimum absolute atomic E-state index is 0.322. The maximum atomic E-state index is 13.6. The Morgan fingerprint density at radius 3 is 2.96 bits per heavy atom. The van der Waals surface area contributed by atoms with Gasteiger partial charge in [0.2, 0.25) is 0 Å². The highest BCUT2D eigenvalue weighted by atomic mass is 19.1. The zero-order chi connectivity index (χ0) is 16.4. The van der Waals surface area contributed by atoms with Crippen LogP contribution in [0.1, 0.15) is 17.7 Å². The Bertz CT molecular complexity index is 931. The fourth-order valence-electron chi connectivity index (χ4n) is 2.79. The van der Waals surface area contributed by atoms with Crippen molar-refractivity contribution in [3.8, 4) is 11.8 Å². The molecule has 3 heterocycles. The first-order valence-electron chi connectivity index (χ1n) is 7.87. The molecule has 1 aromatic carbocycles. The number of aromatic amines is 1. The lowest BCUT2D eigenvalue weighted by atomic mass is 10.2. The molecule has 0 bridgehead atoms. The molecule has 0 spiro atoms. The molecule has 0 aliphatic carbocycles. The van der Waals surface area contributed by atoms with Gasteiger partial charge in [-0.05, 0) is 37.1 Å². The first kappa shape index (κ1) is 14.7. The van der Waals surface area contributed by atoms with Gasteiger partial charge in [0, 0.05) is 12.6 Å². The van der Waals surface area contributed by atoms with Gasteiger partial charge in [-0.25, -0.2) is 14.4 Å². The summed E-state index contributed by atoms with van der Waals surface area (Å²) < 4.78 is 13.6. The predicted molar refractivity (Wildman–Crippen MR) is 91.2 cm³/mol. The Morgan fingerprint density at radius 2 is 2.12 bits per heavy atom. The van der Waals surface area contributed by atoms with Gasteiger partial charge in [-0.15, -0.1) is 0 Å². The summed E-state index contributed by atoms with van der Waals surface area (Å²) in [5.74, 6) is 6.28. The van der Waals surface area contributed by atoms with Crippen LogP contribution in [-0.4, -0.2) is 34.1 Å². The van der Waals surface area contributed by atoms with Gasteiger partial charge in [-0.1, -0.05) is 18.1 Å². The van der Waals surface area contributed by atoms with Crippen LogP contribution < -0.4 is 10.6 Å². The van der Waals surface area contributed by atoms with Gasteiger partial charge in [0.15, 0.2) is 0 Å². The maximum absolute atomic E-state index is 13.6. The lowest BCUT2D eigenvalue weighted by Crippen LogP contribution is -2.22. The molecule has 5 nitrogen and oxygen atoms in total. The summed E-state index contributed by atoms with van der Waals surface area (Å²) >= 11 is 0. The van der Waals surface area contributed by atoms with Crippen LogP contribution in [0.3, 0.4) is 0 Å². The Hall–Kier alpha value is -2.91. The van der Waals surface area contributed by atoms with Crippen LogP contribution >= 0.6 is 0 Å². The van der Waals surface area contributed by atoms with Crippen LogP contribution in [-0.2, 0) is 0 Å². The number of benzene rings is 1. The van der Waals surface area contributed by atoms with Crippen LogP contribution in [0.4, 0.5) is 10.2 Å². The van der Waals surface area contributed by atoms with E-state index in [0.29, 0.717) is 17.3 Å². The van der Waals surface area contributed by atoms with Crippen LogP contribution in [0.5, 0.6) is 0 Å². The molecule has 1 fully saturated rings. The first-order chi connectivity index (χ1) is 11.8. The second-order valence-corrected chi connectivity index (χ2v) is 5.73. The van der Waals surface area contributed by atoms with Gasteiger partial charge in [-0.2, -0.15) is 0 Å². The van der Waals surface area contributed by atoms with Gasteiger partial charge >= 0.3 is 0 Å². The van der Waals surface area contributed by atoms with Crippen molar-refractivity contribution in [2.75, 3.05) is 18.4 Å². The van der Waals surface area contributed by atoms with Crippen molar-refractivity contribution in [2.24, 2.45) is 0 Å². The van der Waals surface area contributed by atoms with Crippen molar-refractivity contribution in [2.45, 2.75) is 12.5 Å². The highest BCUT2D eigenvalue weighted by molar-refractivity contribution is 5.88. The Kier molecular flexibility index (Phi) is 3.85. The number of rotatable bonds is 2. The topological polar surface area (TPSA) is 65.6 Å². The molecular weight excluding hydrogens is 305 g/mol. The minimum Gasteiger partial charge on any atom is -0.365 e. The summed E-state index contributed by atoms with van der Waals surface area (Å²) in [4.78, 5) is 11.7. The van der Waals surface area contributed by atoms with Gasteiger partial charge < -0.3 is 15.6 Å². The van der Waals surface area contributed by atoms with Crippen molar-refractivity contribution in [1.82, 2.24) is 20.3 Å². The van der Waals surface area contributed by atoms with Gasteiger partial charge in [-0.3, -0.25) is 0 Å². The molecule has 120 valence electrons. The summed E-state index contributed by atoms with van der Waals surface area (Å²) in [6.45, 7) is 1.94. The molecule has 4 rings (SSSR count). The second-order valence-electron chi connectivity index (χ2n) is 5.73. The van der Waals surface area contributed by atoms with E-state index in [-0.39, 0.29) is 5.82 Å². The molecule has 3 N–H and O–H groups in total. The second kappa shape index (κ2) is 6.30. The lowest BCUT2D eigenvalue weighted by Gasteiger charge is -2.11. The fraction of sp³-hybridized carbons (Fsp3) is 0.222. The van der Waals surface area contributed by atoms with E-state index < -0.39 is 0 Å². The number of aromatic nitrogens is 3. The highest BCUT2D eigenvalue weighted by Gasteiger charge is 2.16. The van der Waals surface area contributed by atoms with Crippen LogP contribution in [0.25, 0.3) is 11.0 Å². The zero-order valence-electron chi connectivity index (χ0n) is 12.9. The number of anilines is 1. The maximum Gasteiger partial charge on any atom is 0.143 e. The Labute approximate surface area is 138 Å². The van der Waals surface area contributed by atoms with E-state index in [0.717, 1.165) is 36.4 Å². The standard InChI is InChI=1S/C18H16FN5/c19-16-4-2-1-3-12(16)5-6-13-9-15-17(23-13)21-11-22-18(15)24-14-7-8-20-10-14/h1-4,9,11,14,20H,7-8,10H2,(H2,21,22,23,24). The smallest absolute Gasteiger partial charge is 0.143 e. The van der Waals surface area contributed by atoms with Crippen molar-refractivity contribution in [3.05, 3.63) is 53.7 Å². The molecule has 24 heavy (non-hydrogen) atoms. The van der Waals surface area contributed by atoms with Crippen LogP contribution in [0.2, 0.25) is 0 Å². The number of nitrogens with zero attached hydrogens (tertiary/aromatic N) is 2. The normalized spacial score (nSPS) is 16.8. The monoisotopic (exact) mass is 321 g/mol. The largest absolute Gasteiger partial charge is 0.365 e. The number of H-pyrrole nitrogens is 1. The molecule has 3 aromatic rings. The summed E-state index contributed by atoms with van der Waals surface area (Å²) in [5.41, 5.74) is 1.77. The van der Waals surface area contributed by atoms with E-state index in [9.17, 15) is 4.39 Å². The average Bonchev–Trinajstić information content (AvgIpc) is 3.24. The van der Waals surface area contributed by atoms with Crippen LogP contribution in [0.15, 0.2) is 36.7 Å². The summed E-state index contributed by atoms with van der Waals surface area (Å²) in [7, 11) is 0. The number of nitrogens with one attached hydrogen (secondary N) is 3. The average molecular weight is 321 g/mol. The van der Waals surface area contributed by atoms with Gasteiger partial charge in [0.1, 0.15) is 23.6 Å². The van der Waals surface area contributed by atoms with E-state index >= 15 is 0 Å². The van der Waals surface area contributed by atoms with E-state index in [2.05, 4.69) is 37.4 Å². The lowest BCUT2D eigenvalue weighted by molar-refractivity contribution is 0.624. The summed E-state index contributed by atoms with van der Waals surface area (Å²) in [6, 6.07) is 8.74. The third kappa shape index (κ3) is 2.94. The van der Waals surface area contributed by atoms with Gasteiger partial charge in [0.25, 0.3) is 0 Å². The third-order valence-corrected chi connectivity index (χ3v) is 4.03. The molecule has 0 saturated carbocycles.